The zero-order chi connectivity index (χ0) is 18.7. The van der Waals surface area contributed by atoms with Gasteiger partial charge < -0.3 is 9.64 Å². The molecule has 1 aliphatic heterocycles. The molecule has 0 saturated carbocycles. The summed E-state index contributed by atoms with van der Waals surface area (Å²) >= 11 is 1.58. The molecule has 1 fully saturated rings. The fourth-order valence-corrected chi connectivity index (χ4v) is 3.74. The van der Waals surface area contributed by atoms with Crippen LogP contribution in [0.4, 0.5) is 0 Å². The van der Waals surface area contributed by atoms with Gasteiger partial charge in [0.05, 0.1) is 36.0 Å². The third kappa shape index (κ3) is 4.83. The molecule has 1 aliphatic rings. The Balaban J connectivity index is 1.58. The van der Waals surface area contributed by atoms with E-state index in [-0.39, 0.29) is 24.7 Å². The number of carbonyl (C=O) groups excluding carboxylic acids is 1. The zero-order valence-electron chi connectivity index (χ0n) is 15.6. The predicted octanol–water partition coefficient (Wildman–Crippen LogP) is 0.706. The van der Waals surface area contributed by atoms with Gasteiger partial charge in [-0.1, -0.05) is 0 Å². The second-order valence-corrected chi connectivity index (χ2v) is 7.87. The van der Waals surface area contributed by atoms with Gasteiger partial charge in [-0.25, -0.2) is 9.67 Å². The number of aryl methyl sites for hydroxylation is 1. The maximum atomic E-state index is 12.5. The summed E-state index contributed by atoms with van der Waals surface area (Å²) < 4.78 is 7.33. The number of nitrogens with zero attached hydrogens (tertiary/aromatic N) is 7. The minimum atomic E-state index is -0.0482. The van der Waals surface area contributed by atoms with Gasteiger partial charge >= 0.3 is 0 Å². The lowest BCUT2D eigenvalue weighted by Crippen LogP contribution is -2.45. The minimum Gasteiger partial charge on any atom is -0.373 e. The summed E-state index contributed by atoms with van der Waals surface area (Å²) in [5.74, 6) is 0.644. The normalized spacial score (nSPS) is 21.1. The molecule has 1 saturated heterocycles. The molecule has 0 spiro atoms. The number of likely N-dealkylation sites (N-methyl/N-ethyl adjacent to an activating group) is 1. The molecule has 1 amide bonds. The minimum absolute atomic E-state index is 0.0482. The highest BCUT2D eigenvalue weighted by Gasteiger charge is 2.24. The van der Waals surface area contributed by atoms with Crippen molar-refractivity contribution in [3.05, 3.63) is 21.9 Å². The highest BCUT2D eigenvalue weighted by atomic mass is 32.1. The van der Waals surface area contributed by atoms with Gasteiger partial charge in [0, 0.05) is 25.5 Å². The molecule has 26 heavy (non-hydrogen) atoms. The first-order chi connectivity index (χ1) is 12.4. The Morgan fingerprint density at radius 1 is 1.38 bits per heavy atom. The Morgan fingerprint density at radius 3 is 2.77 bits per heavy atom. The van der Waals surface area contributed by atoms with E-state index in [2.05, 4.69) is 39.3 Å². The van der Waals surface area contributed by atoms with E-state index in [1.54, 1.807) is 28.0 Å². The summed E-state index contributed by atoms with van der Waals surface area (Å²) in [6, 6.07) is 0. The van der Waals surface area contributed by atoms with Crippen molar-refractivity contribution in [1.29, 1.82) is 0 Å². The van der Waals surface area contributed by atoms with Crippen LogP contribution >= 0.6 is 11.3 Å². The van der Waals surface area contributed by atoms with Crippen LogP contribution in [0, 0.1) is 6.92 Å². The summed E-state index contributed by atoms with van der Waals surface area (Å²) in [6.07, 6.45) is 0.356. The first-order valence-corrected chi connectivity index (χ1v) is 9.56. The lowest BCUT2D eigenvalue weighted by Gasteiger charge is -2.34. The van der Waals surface area contributed by atoms with E-state index < -0.39 is 0 Å². The Bertz CT molecular complexity index is 737. The number of amides is 1. The molecule has 9 nitrogen and oxygen atoms in total. The molecule has 142 valence electrons. The molecule has 0 aliphatic carbocycles. The van der Waals surface area contributed by atoms with Crippen LogP contribution in [0.15, 0.2) is 5.38 Å². The Morgan fingerprint density at radius 2 is 2.12 bits per heavy atom. The van der Waals surface area contributed by atoms with Gasteiger partial charge in [-0.3, -0.25) is 9.69 Å². The van der Waals surface area contributed by atoms with Gasteiger partial charge in [-0.15, -0.1) is 16.4 Å². The standard InChI is InChI=1S/C16H25N7O2S/c1-11-5-22(6-12(2)25-11)8-15-18-19-20-23(15)9-16(24)21(4)7-14-10-26-13(3)17-14/h10-12H,5-9H2,1-4H3/t11-,12+. The highest BCUT2D eigenvalue weighted by molar-refractivity contribution is 7.09. The Labute approximate surface area is 157 Å². The first-order valence-electron chi connectivity index (χ1n) is 8.68. The summed E-state index contributed by atoms with van der Waals surface area (Å²) in [5.41, 5.74) is 0.900. The van der Waals surface area contributed by atoms with Crippen LogP contribution in [0.5, 0.6) is 0 Å². The molecule has 3 rings (SSSR count). The quantitative estimate of drug-likeness (QED) is 0.730. The van der Waals surface area contributed by atoms with E-state index >= 15 is 0 Å². The molecule has 2 aromatic rings. The number of carbonyl (C=O) groups is 1. The first kappa shape index (κ1) is 18.9. The molecule has 0 unspecified atom stereocenters. The number of rotatable bonds is 6. The number of ether oxygens (including phenoxy) is 1. The lowest BCUT2D eigenvalue weighted by atomic mass is 10.2. The summed E-state index contributed by atoms with van der Waals surface area (Å²) in [4.78, 5) is 20.8. The zero-order valence-corrected chi connectivity index (χ0v) is 16.4. The fourth-order valence-electron chi connectivity index (χ4n) is 3.13. The molecule has 0 radical (unpaired) electrons. The number of morpholine rings is 1. The average molecular weight is 379 g/mol. The highest BCUT2D eigenvalue weighted by Crippen LogP contribution is 2.13. The van der Waals surface area contributed by atoms with Crippen molar-refractivity contribution in [1.82, 2.24) is 35.0 Å². The van der Waals surface area contributed by atoms with Gasteiger partial charge in [-0.05, 0) is 31.2 Å². The van der Waals surface area contributed by atoms with Crippen molar-refractivity contribution in [3.63, 3.8) is 0 Å². The van der Waals surface area contributed by atoms with Crippen molar-refractivity contribution in [3.8, 4) is 0 Å². The Kier molecular flexibility index (Phi) is 5.94. The number of aromatic nitrogens is 5. The molecule has 0 N–H and O–H groups in total. The predicted molar refractivity (Wildman–Crippen MR) is 96.4 cm³/mol. The monoisotopic (exact) mass is 379 g/mol. The molecule has 3 heterocycles. The van der Waals surface area contributed by atoms with Crippen molar-refractivity contribution >= 4 is 17.2 Å². The number of thiazole rings is 1. The van der Waals surface area contributed by atoms with Gasteiger partial charge in [0.15, 0.2) is 5.82 Å². The van der Waals surface area contributed by atoms with E-state index in [4.69, 9.17) is 4.74 Å². The smallest absolute Gasteiger partial charge is 0.244 e. The molecular weight excluding hydrogens is 354 g/mol. The lowest BCUT2D eigenvalue weighted by molar-refractivity contribution is -0.131. The van der Waals surface area contributed by atoms with E-state index in [1.165, 1.54) is 0 Å². The molecule has 0 aromatic carbocycles. The van der Waals surface area contributed by atoms with E-state index in [0.717, 1.165) is 23.8 Å². The summed E-state index contributed by atoms with van der Waals surface area (Å²) in [7, 11) is 1.77. The van der Waals surface area contributed by atoms with E-state index in [9.17, 15) is 4.79 Å². The molecular formula is C16H25N7O2S. The van der Waals surface area contributed by atoms with E-state index in [0.29, 0.717) is 18.9 Å². The van der Waals surface area contributed by atoms with Crippen LogP contribution < -0.4 is 0 Å². The maximum absolute atomic E-state index is 12.5. The molecule has 2 aromatic heterocycles. The van der Waals surface area contributed by atoms with Crippen LogP contribution in [0.25, 0.3) is 0 Å². The van der Waals surface area contributed by atoms with Crippen molar-refractivity contribution in [2.24, 2.45) is 0 Å². The van der Waals surface area contributed by atoms with Crippen LogP contribution in [0.1, 0.15) is 30.4 Å². The molecule has 2 atom stereocenters. The maximum Gasteiger partial charge on any atom is 0.244 e. The second kappa shape index (κ2) is 8.19. The molecule has 0 bridgehead atoms. The number of hydrogen-bond donors (Lipinski definition) is 0. The van der Waals surface area contributed by atoms with Crippen molar-refractivity contribution < 1.29 is 9.53 Å². The van der Waals surface area contributed by atoms with Crippen LogP contribution in [-0.4, -0.2) is 73.2 Å². The number of tetrazole rings is 1. The van der Waals surface area contributed by atoms with Crippen molar-refractivity contribution in [2.75, 3.05) is 20.1 Å². The fraction of sp³-hybridized carbons (Fsp3) is 0.688. The van der Waals surface area contributed by atoms with Crippen molar-refractivity contribution in [2.45, 2.75) is 52.6 Å². The SMILES string of the molecule is Cc1nc(CN(C)C(=O)Cn2nnnc2CN2C[C@@H](C)O[C@@H](C)C2)cs1. The van der Waals surface area contributed by atoms with Gasteiger partial charge in [0.1, 0.15) is 6.54 Å². The Hall–Kier alpha value is -1.91. The third-order valence-corrected chi connectivity index (χ3v) is 5.07. The summed E-state index contributed by atoms with van der Waals surface area (Å²) in [5, 5.41) is 14.8. The van der Waals surface area contributed by atoms with Crippen LogP contribution in [0.3, 0.4) is 0 Å². The van der Waals surface area contributed by atoms with E-state index in [1.807, 2.05) is 12.3 Å². The largest absolute Gasteiger partial charge is 0.373 e. The number of hydrogen-bond acceptors (Lipinski definition) is 8. The van der Waals surface area contributed by atoms with Crippen LogP contribution in [-0.2, 0) is 29.2 Å². The van der Waals surface area contributed by atoms with Crippen LogP contribution in [0.2, 0.25) is 0 Å². The van der Waals surface area contributed by atoms with Gasteiger partial charge in [0.2, 0.25) is 5.91 Å². The average Bonchev–Trinajstić information content (AvgIpc) is 3.15. The second-order valence-electron chi connectivity index (χ2n) is 6.81. The summed E-state index contributed by atoms with van der Waals surface area (Å²) in [6.45, 7) is 8.94. The van der Waals surface area contributed by atoms with Gasteiger partial charge in [-0.2, -0.15) is 0 Å². The molecule has 10 heteroatoms. The third-order valence-electron chi connectivity index (χ3n) is 4.24. The topological polar surface area (TPSA) is 89.3 Å². The van der Waals surface area contributed by atoms with Gasteiger partial charge in [0.25, 0.3) is 0 Å².